The molecule has 0 aliphatic carbocycles. The number of nitrogens with zero attached hydrogens (tertiary/aromatic N) is 1. The third-order valence-electron chi connectivity index (χ3n) is 6.06. The molecule has 0 amide bonds. The monoisotopic (exact) mass is 436 g/mol. The predicted octanol–water partition coefficient (Wildman–Crippen LogP) is 7.90. The Kier molecular flexibility index (Phi) is 6.79. The van der Waals surface area contributed by atoms with Gasteiger partial charge in [-0.05, 0) is 53.3 Å². The van der Waals surface area contributed by atoms with Gasteiger partial charge in [-0.2, -0.15) is 0 Å². The number of phenolic OH excluding ortho intramolecular Hbond substituents is 1. The van der Waals surface area contributed by atoms with Crippen molar-refractivity contribution < 1.29 is 5.11 Å². The van der Waals surface area contributed by atoms with E-state index >= 15 is 0 Å². The number of phenols is 1. The zero-order valence-corrected chi connectivity index (χ0v) is 19.8. The number of aromatic nitrogens is 1. The van der Waals surface area contributed by atoms with Crippen molar-refractivity contribution in [2.24, 2.45) is 0 Å². The van der Waals surface area contributed by atoms with E-state index in [9.17, 15) is 5.11 Å². The molecule has 0 aliphatic heterocycles. The average Bonchev–Trinajstić information content (AvgIpc) is 2.83. The number of anilines is 1. The van der Waals surface area contributed by atoms with Gasteiger partial charge in [0.1, 0.15) is 5.75 Å². The number of aromatic hydroxyl groups is 1. The molecule has 3 aromatic carbocycles. The van der Waals surface area contributed by atoms with E-state index in [1.807, 2.05) is 48.5 Å². The van der Waals surface area contributed by atoms with Crippen molar-refractivity contribution in [2.75, 3.05) is 5.32 Å². The molecule has 0 saturated heterocycles. The lowest BCUT2D eigenvalue weighted by Crippen LogP contribution is -2.15. The number of hydrogen-bond donors (Lipinski definition) is 2. The summed E-state index contributed by atoms with van der Waals surface area (Å²) in [5.41, 5.74) is 7.05. The molecule has 0 radical (unpaired) electrons. The van der Waals surface area contributed by atoms with Crippen LogP contribution < -0.4 is 5.32 Å². The van der Waals surface area contributed by atoms with Gasteiger partial charge >= 0.3 is 0 Å². The van der Waals surface area contributed by atoms with Crippen LogP contribution in [0.15, 0.2) is 91.0 Å². The summed E-state index contributed by atoms with van der Waals surface area (Å²) in [4.78, 5) is 4.99. The van der Waals surface area contributed by atoms with Gasteiger partial charge in [0.2, 0.25) is 0 Å². The van der Waals surface area contributed by atoms with Gasteiger partial charge in [0.05, 0.1) is 17.4 Å². The van der Waals surface area contributed by atoms with E-state index in [0.717, 1.165) is 33.8 Å². The summed E-state index contributed by atoms with van der Waals surface area (Å²) in [5.74, 6) is 1.11. The Morgan fingerprint density at radius 2 is 1.36 bits per heavy atom. The summed E-state index contributed by atoms with van der Waals surface area (Å²) in [6.45, 7) is 8.65. The van der Waals surface area contributed by atoms with Crippen LogP contribution in [0, 0.1) is 0 Å². The molecule has 0 bridgehead atoms. The van der Waals surface area contributed by atoms with Crippen molar-refractivity contribution in [3.05, 3.63) is 113 Å². The van der Waals surface area contributed by atoms with E-state index in [1.165, 1.54) is 5.56 Å². The highest BCUT2D eigenvalue weighted by molar-refractivity contribution is 5.60. The van der Waals surface area contributed by atoms with Gasteiger partial charge < -0.3 is 10.4 Å². The molecule has 4 rings (SSSR count). The lowest BCUT2D eigenvalue weighted by molar-refractivity contribution is 0.465. The van der Waals surface area contributed by atoms with Crippen molar-refractivity contribution in [2.45, 2.75) is 45.6 Å². The molecule has 3 nitrogen and oxygen atoms in total. The number of nitrogens with one attached hydrogen (secondary N) is 1. The highest BCUT2D eigenvalue weighted by Gasteiger charge is 2.21. The number of pyridine rings is 1. The zero-order chi connectivity index (χ0) is 23.4. The second-order valence-corrected chi connectivity index (χ2v) is 9.14. The van der Waals surface area contributed by atoms with E-state index in [2.05, 4.69) is 75.5 Å². The first-order valence-corrected chi connectivity index (χ1v) is 11.6. The van der Waals surface area contributed by atoms with Crippen LogP contribution >= 0.6 is 0 Å². The molecule has 33 heavy (non-hydrogen) atoms. The van der Waals surface area contributed by atoms with Crippen LogP contribution in [0.3, 0.4) is 0 Å². The Labute approximate surface area is 197 Å². The lowest BCUT2D eigenvalue weighted by atomic mass is 9.95. The molecule has 4 aromatic rings. The first kappa shape index (κ1) is 22.6. The minimum absolute atomic E-state index is 0.282. The van der Waals surface area contributed by atoms with Crippen LogP contribution in [0.25, 0.3) is 11.3 Å². The van der Waals surface area contributed by atoms with Gasteiger partial charge in [0.25, 0.3) is 0 Å². The Bertz CT molecular complexity index is 1200. The van der Waals surface area contributed by atoms with E-state index < -0.39 is 0 Å². The van der Waals surface area contributed by atoms with Crippen LogP contribution in [-0.2, 0) is 0 Å². The van der Waals surface area contributed by atoms with Crippen molar-refractivity contribution in [1.29, 1.82) is 0 Å². The Balaban J connectivity index is 1.76. The van der Waals surface area contributed by atoms with E-state index in [1.54, 1.807) is 0 Å². The minimum Gasteiger partial charge on any atom is -0.508 e. The van der Waals surface area contributed by atoms with Crippen molar-refractivity contribution in [3.63, 3.8) is 0 Å². The topological polar surface area (TPSA) is 45.2 Å². The maximum atomic E-state index is 11.0. The van der Waals surface area contributed by atoms with E-state index in [-0.39, 0.29) is 11.8 Å². The fourth-order valence-corrected chi connectivity index (χ4v) is 3.99. The smallest absolute Gasteiger partial charge is 0.121 e. The maximum Gasteiger partial charge on any atom is 0.121 e. The number of hydrogen-bond acceptors (Lipinski definition) is 3. The standard InChI is InChI=1S/C30H32N2O/c1-20(2)22-13-16-25(17-14-22)31-30(26-18-15-24(21(3)4)19-29(26)33)28-12-8-11-27(32-28)23-9-6-5-7-10-23/h5-21,30-31,33H,1-4H3. The second-order valence-electron chi connectivity index (χ2n) is 9.14. The van der Waals surface area contributed by atoms with Gasteiger partial charge in [-0.15, -0.1) is 0 Å². The molecule has 1 atom stereocenters. The summed E-state index contributed by atoms with van der Waals surface area (Å²) in [6.07, 6.45) is 0. The van der Waals surface area contributed by atoms with E-state index in [4.69, 9.17) is 4.98 Å². The molecule has 168 valence electrons. The predicted molar refractivity (Wildman–Crippen MR) is 138 cm³/mol. The fourth-order valence-electron chi connectivity index (χ4n) is 3.99. The van der Waals surface area contributed by atoms with Crippen LogP contribution in [-0.4, -0.2) is 10.1 Å². The number of rotatable bonds is 7. The third-order valence-corrected chi connectivity index (χ3v) is 6.06. The molecule has 1 unspecified atom stereocenters. The highest BCUT2D eigenvalue weighted by atomic mass is 16.3. The Morgan fingerprint density at radius 1 is 0.697 bits per heavy atom. The summed E-state index contributed by atoms with van der Waals surface area (Å²) in [7, 11) is 0. The molecule has 0 fully saturated rings. The molecular weight excluding hydrogens is 404 g/mol. The summed E-state index contributed by atoms with van der Waals surface area (Å²) in [6, 6.07) is 30.4. The van der Waals surface area contributed by atoms with Gasteiger partial charge in [-0.25, -0.2) is 0 Å². The summed E-state index contributed by atoms with van der Waals surface area (Å²) < 4.78 is 0. The van der Waals surface area contributed by atoms with Crippen molar-refractivity contribution in [1.82, 2.24) is 4.98 Å². The highest BCUT2D eigenvalue weighted by Crippen LogP contribution is 2.35. The van der Waals surface area contributed by atoms with Crippen LogP contribution in [0.5, 0.6) is 5.75 Å². The minimum atomic E-state index is -0.292. The van der Waals surface area contributed by atoms with Gasteiger partial charge in [-0.3, -0.25) is 4.98 Å². The molecule has 3 heteroatoms. The van der Waals surface area contributed by atoms with Gasteiger partial charge in [0, 0.05) is 16.8 Å². The normalized spacial score (nSPS) is 12.2. The summed E-state index contributed by atoms with van der Waals surface area (Å²) in [5, 5.41) is 14.6. The fraction of sp³-hybridized carbons (Fsp3) is 0.233. The first-order chi connectivity index (χ1) is 15.9. The Morgan fingerprint density at radius 3 is 2.00 bits per heavy atom. The molecule has 0 spiro atoms. The maximum absolute atomic E-state index is 11.0. The van der Waals surface area contributed by atoms with Crippen LogP contribution in [0.1, 0.15) is 68.0 Å². The zero-order valence-electron chi connectivity index (χ0n) is 19.8. The molecule has 1 aromatic heterocycles. The SMILES string of the molecule is CC(C)c1ccc(NC(c2cccc(-c3ccccc3)n2)c2ccc(C(C)C)cc2O)cc1. The molecule has 1 heterocycles. The molecule has 0 saturated carbocycles. The van der Waals surface area contributed by atoms with Crippen LogP contribution in [0.2, 0.25) is 0 Å². The first-order valence-electron chi connectivity index (χ1n) is 11.6. The van der Waals surface area contributed by atoms with Gasteiger partial charge in [0.15, 0.2) is 0 Å². The van der Waals surface area contributed by atoms with Crippen LogP contribution in [0.4, 0.5) is 5.69 Å². The molecule has 0 aliphatic rings. The Hall–Kier alpha value is -3.59. The van der Waals surface area contributed by atoms with E-state index in [0.29, 0.717) is 11.8 Å². The average molecular weight is 437 g/mol. The third kappa shape index (κ3) is 5.25. The lowest BCUT2D eigenvalue weighted by Gasteiger charge is -2.23. The summed E-state index contributed by atoms with van der Waals surface area (Å²) >= 11 is 0. The quantitative estimate of drug-likeness (QED) is 0.309. The molecular formula is C30H32N2O. The number of benzene rings is 3. The largest absolute Gasteiger partial charge is 0.508 e. The van der Waals surface area contributed by atoms with Crippen molar-refractivity contribution in [3.8, 4) is 17.0 Å². The van der Waals surface area contributed by atoms with Crippen molar-refractivity contribution >= 4 is 5.69 Å². The molecule has 2 N–H and O–H groups in total. The second kappa shape index (κ2) is 9.91. The van der Waals surface area contributed by atoms with Gasteiger partial charge in [-0.1, -0.05) is 88.4 Å².